The van der Waals surface area contributed by atoms with Crippen molar-refractivity contribution in [2.24, 2.45) is 7.05 Å². The standard InChI is InChI=1S/C17H22N4O2/c1-12-7-5-6-8-14(12)17(2,3)11-18-15(22)16(23)20-13-9-19-21(4)10-13/h5-10H,11H2,1-4H3,(H,18,22)(H,20,23). The Kier molecular flexibility index (Phi) is 4.83. The molecule has 1 heterocycles. The molecule has 0 saturated heterocycles. The Morgan fingerprint density at radius 1 is 1.22 bits per heavy atom. The van der Waals surface area contributed by atoms with Gasteiger partial charge in [0.15, 0.2) is 0 Å². The van der Waals surface area contributed by atoms with Crippen molar-refractivity contribution < 1.29 is 9.59 Å². The van der Waals surface area contributed by atoms with E-state index >= 15 is 0 Å². The molecule has 122 valence electrons. The first-order valence-corrected chi connectivity index (χ1v) is 7.43. The number of aromatic nitrogens is 2. The summed E-state index contributed by atoms with van der Waals surface area (Å²) in [5, 5.41) is 9.15. The summed E-state index contributed by atoms with van der Waals surface area (Å²) in [5.74, 6) is -1.35. The van der Waals surface area contributed by atoms with Crippen LogP contribution in [0.15, 0.2) is 36.7 Å². The quantitative estimate of drug-likeness (QED) is 0.844. The molecule has 0 aliphatic rings. The number of nitrogens with zero attached hydrogens (tertiary/aromatic N) is 2. The molecule has 0 spiro atoms. The first kappa shape index (κ1) is 16.7. The van der Waals surface area contributed by atoms with E-state index in [1.807, 2.05) is 45.0 Å². The van der Waals surface area contributed by atoms with Gasteiger partial charge in [-0.1, -0.05) is 38.1 Å². The number of amides is 2. The molecule has 2 N–H and O–H groups in total. The number of hydrogen-bond donors (Lipinski definition) is 2. The summed E-state index contributed by atoms with van der Waals surface area (Å²) in [6.45, 7) is 6.48. The van der Waals surface area contributed by atoms with Crippen LogP contribution in [0.1, 0.15) is 25.0 Å². The van der Waals surface area contributed by atoms with Crippen LogP contribution >= 0.6 is 0 Å². The highest BCUT2D eigenvalue weighted by Crippen LogP contribution is 2.25. The van der Waals surface area contributed by atoms with Gasteiger partial charge >= 0.3 is 11.8 Å². The van der Waals surface area contributed by atoms with E-state index in [4.69, 9.17) is 0 Å². The molecule has 6 heteroatoms. The van der Waals surface area contributed by atoms with E-state index in [2.05, 4.69) is 15.7 Å². The molecule has 0 unspecified atom stereocenters. The molecular weight excluding hydrogens is 292 g/mol. The molecule has 1 aromatic heterocycles. The van der Waals surface area contributed by atoms with E-state index in [1.165, 1.54) is 6.20 Å². The van der Waals surface area contributed by atoms with Gasteiger partial charge in [-0.2, -0.15) is 5.10 Å². The topological polar surface area (TPSA) is 76.0 Å². The summed E-state index contributed by atoms with van der Waals surface area (Å²) in [4.78, 5) is 23.8. The molecule has 0 radical (unpaired) electrons. The number of rotatable bonds is 4. The smallest absolute Gasteiger partial charge is 0.313 e. The van der Waals surface area contributed by atoms with Crippen molar-refractivity contribution in [3.05, 3.63) is 47.8 Å². The van der Waals surface area contributed by atoms with Crippen molar-refractivity contribution in [2.45, 2.75) is 26.2 Å². The van der Waals surface area contributed by atoms with E-state index < -0.39 is 11.8 Å². The molecular formula is C17H22N4O2. The third-order valence-corrected chi connectivity index (χ3v) is 3.73. The second-order valence-electron chi connectivity index (χ2n) is 6.24. The predicted octanol–water partition coefficient (Wildman–Crippen LogP) is 1.76. The van der Waals surface area contributed by atoms with Crippen LogP contribution in [0, 0.1) is 6.92 Å². The zero-order chi connectivity index (χ0) is 17.0. The Balaban J connectivity index is 1.95. The highest BCUT2D eigenvalue weighted by Gasteiger charge is 2.24. The molecule has 0 aliphatic heterocycles. The lowest BCUT2D eigenvalue weighted by Gasteiger charge is -2.27. The van der Waals surface area contributed by atoms with E-state index in [0.717, 1.165) is 11.1 Å². The molecule has 2 aromatic rings. The molecule has 1 aromatic carbocycles. The third kappa shape index (κ3) is 4.18. The number of carbonyl (C=O) groups is 2. The van der Waals surface area contributed by atoms with Crippen LogP contribution in [0.3, 0.4) is 0 Å². The van der Waals surface area contributed by atoms with Crippen LogP contribution in [0.25, 0.3) is 0 Å². The lowest BCUT2D eigenvalue weighted by Crippen LogP contribution is -2.42. The van der Waals surface area contributed by atoms with Gasteiger partial charge in [-0.3, -0.25) is 14.3 Å². The fourth-order valence-corrected chi connectivity index (χ4v) is 2.48. The largest absolute Gasteiger partial charge is 0.347 e. The Labute approximate surface area is 135 Å². The number of hydrogen-bond acceptors (Lipinski definition) is 3. The second kappa shape index (κ2) is 6.64. The number of nitrogens with one attached hydrogen (secondary N) is 2. The van der Waals surface area contributed by atoms with Gasteiger partial charge in [0.05, 0.1) is 11.9 Å². The molecule has 0 saturated carbocycles. The van der Waals surface area contributed by atoms with Crippen molar-refractivity contribution >= 4 is 17.5 Å². The van der Waals surface area contributed by atoms with E-state index in [-0.39, 0.29) is 5.41 Å². The zero-order valence-electron chi connectivity index (χ0n) is 13.9. The van der Waals surface area contributed by atoms with E-state index in [0.29, 0.717) is 12.2 Å². The zero-order valence-corrected chi connectivity index (χ0v) is 13.9. The monoisotopic (exact) mass is 314 g/mol. The number of benzene rings is 1. The summed E-state index contributed by atoms with van der Waals surface area (Å²) in [6.07, 6.45) is 3.12. The minimum absolute atomic E-state index is 0.268. The first-order valence-electron chi connectivity index (χ1n) is 7.43. The first-order chi connectivity index (χ1) is 10.8. The molecule has 0 atom stereocenters. The summed E-state index contributed by atoms with van der Waals surface area (Å²) in [6, 6.07) is 8.03. The number of aryl methyl sites for hydroxylation is 2. The van der Waals surface area contributed by atoms with Gasteiger partial charge in [0.25, 0.3) is 0 Å². The van der Waals surface area contributed by atoms with Crippen molar-refractivity contribution in [2.75, 3.05) is 11.9 Å². The van der Waals surface area contributed by atoms with Crippen molar-refractivity contribution in [3.8, 4) is 0 Å². The van der Waals surface area contributed by atoms with Crippen LogP contribution in [0.5, 0.6) is 0 Å². The number of anilines is 1. The van der Waals surface area contributed by atoms with Gasteiger partial charge in [0, 0.05) is 25.2 Å². The summed E-state index contributed by atoms with van der Waals surface area (Å²) in [7, 11) is 1.74. The van der Waals surface area contributed by atoms with E-state index in [9.17, 15) is 9.59 Å². The summed E-state index contributed by atoms with van der Waals surface area (Å²) >= 11 is 0. The van der Waals surface area contributed by atoms with Crippen molar-refractivity contribution in [3.63, 3.8) is 0 Å². The van der Waals surface area contributed by atoms with Crippen LogP contribution in [0.4, 0.5) is 5.69 Å². The van der Waals surface area contributed by atoms with Gasteiger partial charge in [-0.05, 0) is 18.1 Å². The van der Waals surface area contributed by atoms with Gasteiger partial charge in [-0.25, -0.2) is 0 Å². The molecule has 0 bridgehead atoms. The van der Waals surface area contributed by atoms with Crippen molar-refractivity contribution in [1.82, 2.24) is 15.1 Å². The van der Waals surface area contributed by atoms with Crippen molar-refractivity contribution in [1.29, 1.82) is 0 Å². The Bertz CT molecular complexity index is 719. The lowest BCUT2D eigenvalue weighted by molar-refractivity contribution is -0.136. The maximum absolute atomic E-state index is 12.0. The van der Waals surface area contributed by atoms with Crippen LogP contribution in [-0.4, -0.2) is 28.1 Å². The van der Waals surface area contributed by atoms with Crippen LogP contribution in [0.2, 0.25) is 0 Å². The fraction of sp³-hybridized carbons (Fsp3) is 0.353. The van der Waals surface area contributed by atoms with E-state index in [1.54, 1.807) is 17.9 Å². The maximum Gasteiger partial charge on any atom is 0.313 e. The van der Waals surface area contributed by atoms with Gasteiger partial charge in [0.1, 0.15) is 0 Å². The molecule has 2 amide bonds. The highest BCUT2D eigenvalue weighted by atomic mass is 16.2. The molecule has 0 aliphatic carbocycles. The Morgan fingerprint density at radius 2 is 1.91 bits per heavy atom. The predicted molar refractivity (Wildman–Crippen MR) is 89.1 cm³/mol. The average molecular weight is 314 g/mol. The molecule has 0 fully saturated rings. The Hall–Kier alpha value is -2.63. The molecule has 2 rings (SSSR count). The number of carbonyl (C=O) groups excluding carboxylic acids is 2. The summed E-state index contributed by atoms with van der Waals surface area (Å²) in [5.41, 5.74) is 2.53. The Morgan fingerprint density at radius 3 is 2.52 bits per heavy atom. The SMILES string of the molecule is Cc1ccccc1C(C)(C)CNC(=O)C(=O)Nc1cnn(C)c1. The maximum atomic E-state index is 12.0. The van der Waals surface area contributed by atoms with Crippen LogP contribution in [-0.2, 0) is 22.1 Å². The third-order valence-electron chi connectivity index (χ3n) is 3.73. The van der Waals surface area contributed by atoms with Gasteiger partial charge in [0.2, 0.25) is 0 Å². The minimum atomic E-state index is -0.696. The summed E-state index contributed by atoms with van der Waals surface area (Å²) < 4.78 is 1.55. The minimum Gasteiger partial charge on any atom is -0.347 e. The fourth-order valence-electron chi connectivity index (χ4n) is 2.48. The van der Waals surface area contributed by atoms with Gasteiger partial charge < -0.3 is 10.6 Å². The molecule has 6 nitrogen and oxygen atoms in total. The van der Waals surface area contributed by atoms with Crippen LogP contribution < -0.4 is 10.6 Å². The second-order valence-corrected chi connectivity index (χ2v) is 6.24. The lowest BCUT2D eigenvalue weighted by atomic mass is 9.82. The normalized spacial score (nSPS) is 11.1. The molecule has 23 heavy (non-hydrogen) atoms. The van der Waals surface area contributed by atoms with Gasteiger partial charge in [-0.15, -0.1) is 0 Å². The highest BCUT2D eigenvalue weighted by molar-refractivity contribution is 6.39. The average Bonchev–Trinajstić information content (AvgIpc) is 2.90.